The first-order valence-electron chi connectivity index (χ1n) is 8.52. The average Bonchev–Trinajstić information content (AvgIpc) is 2.47. The highest BCUT2D eigenvalue weighted by atomic mass is 16.6. The average molecular weight is 329 g/mol. The SMILES string of the molecule is CC(C)(C)OC(=O)N1CCN(CC(O)CN2CCOCC2)CC1. The number of β-amino-alcohol motifs (C(OH)–C–C–N with tert-alkyl or cyclic N) is 1. The van der Waals surface area contributed by atoms with Crippen LogP contribution in [0, 0.1) is 0 Å². The highest BCUT2D eigenvalue weighted by Gasteiger charge is 2.27. The Bertz CT molecular complexity index is 372. The van der Waals surface area contributed by atoms with E-state index in [-0.39, 0.29) is 12.2 Å². The van der Waals surface area contributed by atoms with Gasteiger partial charge in [-0.3, -0.25) is 9.80 Å². The third-order valence-electron chi connectivity index (χ3n) is 4.07. The van der Waals surface area contributed by atoms with Gasteiger partial charge in [-0.25, -0.2) is 4.79 Å². The Hall–Kier alpha value is -0.890. The zero-order chi connectivity index (χ0) is 16.9. The van der Waals surface area contributed by atoms with E-state index in [0.29, 0.717) is 26.2 Å². The van der Waals surface area contributed by atoms with Crippen molar-refractivity contribution in [2.45, 2.75) is 32.5 Å². The topological polar surface area (TPSA) is 65.5 Å². The van der Waals surface area contributed by atoms with E-state index in [2.05, 4.69) is 9.80 Å². The number of hydrogen-bond donors (Lipinski definition) is 1. The van der Waals surface area contributed by atoms with Crippen molar-refractivity contribution in [1.29, 1.82) is 0 Å². The molecule has 134 valence electrons. The Balaban J connectivity index is 1.66. The Morgan fingerprint density at radius 1 is 1.04 bits per heavy atom. The van der Waals surface area contributed by atoms with Gasteiger partial charge < -0.3 is 19.5 Å². The number of rotatable bonds is 4. The summed E-state index contributed by atoms with van der Waals surface area (Å²) in [7, 11) is 0. The van der Waals surface area contributed by atoms with E-state index in [9.17, 15) is 9.90 Å². The lowest BCUT2D eigenvalue weighted by Gasteiger charge is -2.37. The largest absolute Gasteiger partial charge is 0.444 e. The number of morpholine rings is 1. The maximum absolute atomic E-state index is 12.0. The van der Waals surface area contributed by atoms with Gasteiger partial charge >= 0.3 is 6.09 Å². The molecule has 0 aromatic rings. The van der Waals surface area contributed by atoms with E-state index < -0.39 is 5.60 Å². The van der Waals surface area contributed by atoms with E-state index in [0.717, 1.165) is 39.4 Å². The van der Waals surface area contributed by atoms with Gasteiger partial charge in [0.25, 0.3) is 0 Å². The van der Waals surface area contributed by atoms with Crippen LogP contribution >= 0.6 is 0 Å². The van der Waals surface area contributed by atoms with Gasteiger partial charge in [-0.1, -0.05) is 0 Å². The Morgan fingerprint density at radius 2 is 1.57 bits per heavy atom. The molecule has 2 aliphatic heterocycles. The first-order valence-corrected chi connectivity index (χ1v) is 8.52. The lowest BCUT2D eigenvalue weighted by Crippen LogP contribution is -2.52. The number of hydrogen-bond acceptors (Lipinski definition) is 6. The molecular weight excluding hydrogens is 298 g/mol. The number of piperazine rings is 1. The molecule has 23 heavy (non-hydrogen) atoms. The van der Waals surface area contributed by atoms with E-state index in [1.807, 2.05) is 20.8 Å². The van der Waals surface area contributed by atoms with Crippen molar-refractivity contribution < 1.29 is 19.4 Å². The minimum absolute atomic E-state index is 0.244. The van der Waals surface area contributed by atoms with E-state index in [1.54, 1.807) is 4.90 Å². The van der Waals surface area contributed by atoms with Crippen molar-refractivity contribution in [2.75, 3.05) is 65.6 Å². The molecule has 0 bridgehead atoms. The predicted octanol–water partition coefficient (Wildman–Crippen LogP) is 0.232. The molecule has 1 amide bonds. The highest BCUT2D eigenvalue weighted by Crippen LogP contribution is 2.12. The second kappa shape index (κ2) is 8.28. The predicted molar refractivity (Wildman–Crippen MR) is 87.5 cm³/mol. The molecule has 2 aliphatic rings. The molecule has 0 aromatic carbocycles. The molecule has 0 aromatic heterocycles. The van der Waals surface area contributed by atoms with Crippen LogP contribution in [0.5, 0.6) is 0 Å². The molecule has 2 saturated heterocycles. The summed E-state index contributed by atoms with van der Waals surface area (Å²) in [6.07, 6.45) is -0.604. The quantitative estimate of drug-likeness (QED) is 0.797. The Morgan fingerprint density at radius 3 is 2.09 bits per heavy atom. The molecule has 2 rings (SSSR count). The number of carbonyl (C=O) groups is 1. The maximum atomic E-state index is 12.0. The summed E-state index contributed by atoms with van der Waals surface area (Å²) in [6.45, 7) is 13.1. The molecule has 7 nitrogen and oxygen atoms in total. The molecule has 1 atom stereocenters. The van der Waals surface area contributed by atoms with Gasteiger partial charge in [-0.05, 0) is 20.8 Å². The molecule has 0 aliphatic carbocycles. The highest BCUT2D eigenvalue weighted by molar-refractivity contribution is 5.68. The lowest BCUT2D eigenvalue weighted by atomic mass is 10.2. The third-order valence-corrected chi connectivity index (χ3v) is 4.07. The van der Waals surface area contributed by atoms with Crippen molar-refractivity contribution in [3.63, 3.8) is 0 Å². The molecule has 2 fully saturated rings. The number of amides is 1. The van der Waals surface area contributed by atoms with Crippen LogP contribution in [-0.4, -0.2) is 103 Å². The van der Waals surface area contributed by atoms with Crippen LogP contribution in [0.2, 0.25) is 0 Å². The number of aliphatic hydroxyl groups is 1. The third kappa shape index (κ3) is 6.63. The summed E-state index contributed by atoms with van der Waals surface area (Å²) in [5.74, 6) is 0. The van der Waals surface area contributed by atoms with E-state index in [1.165, 1.54) is 0 Å². The van der Waals surface area contributed by atoms with Crippen LogP contribution in [0.4, 0.5) is 4.79 Å². The molecule has 7 heteroatoms. The van der Waals surface area contributed by atoms with Crippen molar-refractivity contribution in [3.8, 4) is 0 Å². The first-order chi connectivity index (χ1) is 10.8. The van der Waals surface area contributed by atoms with Crippen molar-refractivity contribution in [1.82, 2.24) is 14.7 Å². The Labute approximate surface area is 139 Å². The molecule has 1 N–H and O–H groups in total. The van der Waals surface area contributed by atoms with Crippen molar-refractivity contribution in [3.05, 3.63) is 0 Å². The first kappa shape index (κ1) is 18.4. The zero-order valence-electron chi connectivity index (χ0n) is 14.7. The number of aliphatic hydroxyl groups excluding tert-OH is 1. The molecule has 1 unspecified atom stereocenters. The molecular formula is C16H31N3O4. The van der Waals surface area contributed by atoms with Crippen LogP contribution < -0.4 is 0 Å². The van der Waals surface area contributed by atoms with Crippen LogP contribution in [-0.2, 0) is 9.47 Å². The molecule has 0 spiro atoms. The number of nitrogens with zero attached hydrogens (tertiary/aromatic N) is 3. The smallest absolute Gasteiger partial charge is 0.410 e. The minimum Gasteiger partial charge on any atom is -0.444 e. The zero-order valence-corrected chi connectivity index (χ0v) is 14.7. The summed E-state index contributed by atoms with van der Waals surface area (Å²) < 4.78 is 10.7. The fraction of sp³-hybridized carbons (Fsp3) is 0.938. The van der Waals surface area contributed by atoms with Crippen LogP contribution in [0.1, 0.15) is 20.8 Å². The summed E-state index contributed by atoms with van der Waals surface area (Å²) in [4.78, 5) is 18.2. The standard InChI is InChI=1S/C16H31N3O4/c1-16(2,3)23-15(21)19-6-4-17(5-7-19)12-14(20)13-18-8-10-22-11-9-18/h14,20H,4-13H2,1-3H3. The summed E-state index contributed by atoms with van der Waals surface area (Å²) in [5, 5.41) is 10.3. The van der Waals surface area contributed by atoms with E-state index >= 15 is 0 Å². The van der Waals surface area contributed by atoms with Gasteiger partial charge in [0.1, 0.15) is 5.60 Å². The monoisotopic (exact) mass is 329 g/mol. The van der Waals surface area contributed by atoms with Gasteiger partial charge in [-0.15, -0.1) is 0 Å². The van der Waals surface area contributed by atoms with Crippen LogP contribution in [0.25, 0.3) is 0 Å². The fourth-order valence-electron chi connectivity index (χ4n) is 2.88. The Kier molecular flexibility index (Phi) is 6.64. The van der Waals surface area contributed by atoms with Crippen LogP contribution in [0.3, 0.4) is 0 Å². The summed E-state index contributed by atoms with van der Waals surface area (Å²) >= 11 is 0. The van der Waals surface area contributed by atoms with Crippen LogP contribution in [0.15, 0.2) is 0 Å². The summed E-state index contributed by atoms with van der Waals surface area (Å²) in [6, 6.07) is 0. The fourth-order valence-corrected chi connectivity index (χ4v) is 2.88. The van der Waals surface area contributed by atoms with Gasteiger partial charge in [0.05, 0.1) is 19.3 Å². The molecule has 0 radical (unpaired) electrons. The van der Waals surface area contributed by atoms with Crippen molar-refractivity contribution in [2.24, 2.45) is 0 Å². The second-order valence-electron chi connectivity index (χ2n) is 7.33. The van der Waals surface area contributed by atoms with Gasteiger partial charge in [0.15, 0.2) is 0 Å². The van der Waals surface area contributed by atoms with E-state index in [4.69, 9.17) is 9.47 Å². The molecule has 2 heterocycles. The van der Waals surface area contributed by atoms with Gasteiger partial charge in [0, 0.05) is 52.4 Å². The van der Waals surface area contributed by atoms with Gasteiger partial charge in [0.2, 0.25) is 0 Å². The molecule has 0 saturated carbocycles. The lowest BCUT2D eigenvalue weighted by molar-refractivity contribution is -0.00380. The summed E-state index contributed by atoms with van der Waals surface area (Å²) in [5.41, 5.74) is -0.456. The maximum Gasteiger partial charge on any atom is 0.410 e. The van der Waals surface area contributed by atoms with Gasteiger partial charge in [-0.2, -0.15) is 0 Å². The number of ether oxygens (including phenoxy) is 2. The minimum atomic E-state index is -0.456. The number of carbonyl (C=O) groups excluding carboxylic acids is 1. The normalized spacial score (nSPS) is 22.9. The second-order valence-corrected chi connectivity index (χ2v) is 7.33. The van der Waals surface area contributed by atoms with Crippen molar-refractivity contribution >= 4 is 6.09 Å².